The van der Waals surface area contributed by atoms with E-state index in [2.05, 4.69) is 4.52 Å². The van der Waals surface area contributed by atoms with Gasteiger partial charge in [0.2, 0.25) is 0 Å². The van der Waals surface area contributed by atoms with Gasteiger partial charge in [-0.3, -0.25) is 4.57 Å². The van der Waals surface area contributed by atoms with Crippen LogP contribution >= 0.6 is 8.25 Å². The van der Waals surface area contributed by atoms with E-state index in [1.807, 2.05) is 0 Å². The van der Waals surface area contributed by atoms with Crippen LogP contribution in [0.4, 0.5) is 5.69 Å². The molecule has 0 amide bonds. The van der Waals surface area contributed by atoms with Crippen molar-refractivity contribution in [2.45, 2.75) is 0 Å². The zero-order valence-electron chi connectivity index (χ0n) is 6.61. The molecule has 0 heterocycles. The third kappa shape index (κ3) is 3.84. The fourth-order valence-corrected chi connectivity index (χ4v) is 0.961. The average molecular weight is 179 g/mol. The summed E-state index contributed by atoms with van der Waals surface area (Å²) in [5.41, 5.74) is 5.93. The van der Waals surface area contributed by atoms with Crippen molar-refractivity contribution in [3.8, 4) is 5.75 Å². The van der Waals surface area contributed by atoms with Crippen molar-refractivity contribution in [3.63, 3.8) is 0 Å². The van der Waals surface area contributed by atoms with E-state index in [0.29, 0.717) is 5.69 Å². The Balaban J connectivity index is 0.00000121. The molecular weight excluding hydrogens is 172 g/mol. The summed E-state index contributed by atoms with van der Waals surface area (Å²) in [6, 6.07) is 6.13. The summed E-state index contributed by atoms with van der Waals surface area (Å²) in [6.07, 6.45) is 0. The van der Waals surface area contributed by atoms with Gasteiger partial charge in [0, 0.05) is 5.69 Å². The van der Waals surface area contributed by atoms with Gasteiger partial charge in [-0.05, 0) is 24.3 Å². The number of nitrogens with two attached hydrogens (primary N) is 1. The second-order valence-electron chi connectivity index (χ2n) is 1.92. The molecule has 0 fully saturated rings. The topological polar surface area (TPSA) is 75.4 Å². The van der Waals surface area contributed by atoms with Crippen molar-refractivity contribution in [1.82, 2.24) is 0 Å². The Labute approximate surface area is 82.9 Å². The molecule has 0 aliphatic rings. The van der Waals surface area contributed by atoms with Gasteiger partial charge in [0.05, 0.1) is 0 Å². The molecule has 0 saturated heterocycles. The van der Waals surface area contributed by atoms with E-state index < -0.39 is 8.25 Å². The fraction of sp³-hybridized carbons (Fsp3) is 0. The number of hydrogen-bond donors (Lipinski definition) is 1. The van der Waals surface area contributed by atoms with E-state index in [1.165, 1.54) is 12.1 Å². The molecule has 1 rings (SSSR count). The van der Waals surface area contributed by atoms with Crippen LogP contribution < -0.4 is 34.0 Å². The molecule has 1 aromatic rings. The molecular formula is C6H7LiNO3P. The number of benzene rings is 1. The SMILES string of the molecule is Nc1ccc(O[PH](=O)[O-])cc1.[Li+]. The Bertz CT molecular complexity index is 264. The van der Waals surface area contributed by atoms with Gasteiger partial charge >= 0.3 is 18.9 Å². The minimum Gasteiger partial charge on any atom is -0.771 e. The van der Waals surface area contributed by atoms with Crippen LogP contribution in [-0.2, 0) is 4.57 Å². The van der Waals surface area contributed by atoms with E-state index in [-0.39, 0.29) is 24.6 Å². The molecule has 0 bridgehead atoms. The second-order valence-corrected chi connectivity index (χ2v) is 2.63. The minimum absolute atomic E-state index is 0. The molecule has 1 atom stereocenters. The largest absolute Gasteiger partial charge is 1.00 e. The maximum Gasteiger partial charge on any atom is 1.00 e. The van der Waals surface area contributed by atoms with Crippen molar-refractivity contribution in [2.24, 2.45) is 0 Å². The maximum absolute atomic E-state index is 10.1. The van der Waals surface area contributed by atoms with Crippen molar-refractivity contribution >= 4 is 13.9 Å². The van der Waals surface area contributed by atoms with Gasteiger partial charge in [0.25, 0.3) is 0 Å². The maximum atomic E-state index is 10.1. The molecule has 0 aliphatic heterocycles. The predicted molar refractivity (Wildman–Crippen MR) is 40.5 cm³/mol. The molecule has 2 N–H and O–H groups in total. The fourth-order valence-electron chi connectivity index (χ4n) is 0.632. The van der Waals surface area contributed by atoms with Crippen molar-refractivity contribution < 1.29 is 32.8 Å². The summed E-state index contributed by atoms with van der Waals surface area (Å²) in [4.78, 5) is 10.1. The summed E-state index contributed by atoms with van der Waals surface area (Å²) < 4.78 is 14.5. The molecule has 1 aromatic carbocycles. The van der Waals surface area contributed by atoms with Gasteiger partial charge in [0.1, 0.15) is 5.75 Å². The number of rotatable bonds is 2. The minimum atomic E-state index is -3.14. The van der Waals surface area contributed by atoms with Crippen LogP contribution in [0.2, 0.25) is 0 Å². The molecule has 60 valence electrons. The molecule has 0 saturated carbocycles. The van der Waals surface area contributed by atoms with Crippen molar-refractivity contribution in [3.05, 3.63) is 24.3 Å². The average Bonchev–Trinajstić information content (AvgIpc) is 1.93. The second kappa shape index (κ2) is 5.29. The van der Waals surface area contributed by atoms with Gasteiger partial charge in [-0.2, -0.15) is 0 Å². The first-order chi connectivity index (χ1) is 5.18. The molecule has 4 nitrogen and oxygen atoms in total. The molecule has 0 radical (unpaired) electrons. The Morgan fingerprint density at radius 2 is 1.83 bits per heavy atom. The van der Waals surface area contributed by atoms with Gasteiger partial charge in [-0.1, -0.05) is 0 Å². The molecule has 1 unspecified atom stereocenters. The monoisotopic (exact) mass is 179 g/mol. The van der Waals surface area contributed by atoms with Crippen LogP contribution in [-0.4, -0.2) is 0 Å². The number of hydrogen-bond acceptors (Lipinski definition) is 4. The van der Waals surface area contributed by atoms with E-state index in [9.17, 15) is 9.46 Å². The summed E-state index contributed by atoms with van der Waals surface area (Å²) in [5, 5.41) is 0. The molecule has 0 aromatic heterocycles. The van der Waals surface area contributed by atoms with E-state index in [0.717, 1.165) is 0 Å². The summed E-state index contributed by atoms with van der Waals surface area (Å²) >= 11 is 0. The van der Waals surface area contributed by atoms with Gasteiger partial charge in [0.15, 0.2) is 8.25 Å². The van der Waals surface area contributed by atoms with Gasteiger partial charge < -0.3 is 15.2 Å². The van der Waals surface area contributed by atoms with Gasteiger partial charge in [-0.15, -0.1) is 0 Å². The first-order valence-corrected chi connectivity index (χ1v) is 4.15. The van der Waals surface area contributed by atoms with Crippen LogP contribution in [0.5, 0.6) is 5.75 Å². The smallest absolute Gasteiger partial charge is 0.771 e. The van der Waals surface area contributed by atoms with Crippen LogP contribution in [0.15, 0.2) is 24.3 Å². The van der Waals surface area contributed by atoms with Crippen LogP contribution in [0.3, 0.4) is 0 Å². The zero-order valence-corrected chi connectivity index (χ0v) is 7.61. The zero-order chi connectivity index (χ0) is 8.27. The Hall–Kier alpha value is -0.393. The summed E-state index contributed by atoms with van der Waals surface area (Å²) in [5.74, 6) is 0.290. The summed E-state index contributed by atoms with van der Waals surface area (Å²) in [6.45, 7) is 0. The van der Waals surface area contributed by atoms with E-state index in [4.69, 9.17) is 5.73 Å². The quantitative estimate of drug-likeness (QED) is 0.307. The first-order valence-electron chi connectivity index (χ1n) is 2.93. The normalized spacial score (nSPS) is 11.4. The van der Waals surface area contributed by atoms with Crippen molar-refractivity contribution in [2.75, 3.05) is 5.73 Å². The van der Waals surface area contributed by atoms with E-state index >= 15 is 0 Å². The predicted octanol–water partition coefficient (Wildman–Crippen LogP) is -2.60. The number of nitrogen functional groups attached to an aromatic ring is 1. The summed E-state index contributed by atoms with van der Waals surface area (Å²) in [7, 11) is -3.14. The first kappa shape index (κ1) is 11.6. The molecule has 6 heteroatoms. The molecule has 12 heavy (non-hydrogen) atoms. The number of anilines is 1. The van der Waals surface area contributed by atoms with E-state index in [1.54, 1.807) is 12.1 Å². The Kier molecular flexibility index (Phi) is 5.11. The molecule has 0 aliphatic carbocycles. The van der Waals surface area contributed by atoms with Crippen LogP contribution in [0.25, 0.3) is 0 Å². The van der Waals surface area contributed by atoms with Crippen LogP contribution in [0, 0.1) is 0 Å². The third-order valence-corrected chi connectivity index (χ3v) is 1.48. The Morgan fingerprint density at radius 1 is 1.33 bits per heavy atom. The molecule has 0 spiro atoms. The van der Waals surface area contributed by atoms with Gasteiger partial charge in [-0.25, -0.2) is 0 Å². The van der Waals surface area contributed by atoms with Crippen molar-refractivity contribution in [1.29, 1.82) is 0 Å². The third-order valence-electron chi connectivity index (χ3n) is 1.08. The van der Waals surface area contributed by atoms with Crippen LogP contribution in [0.1, 0.15) is 0 Å². The standard InChI is InChI=1S/C6H8NO3P.Li/c7-5-1-3-6(4-2-5)10-11(8)9;/h1-4,11H,7H2,(H,8,9);/q;+1/p-1. The Morgan fingerprint density at radius 3 is 2.25 bits per heavy atom.